The molecule has 29 heavy (non-hydrogen) atoms. The average molecular weight is 416 g/mol. The van der Waals surface area contributed by atoms with Gasteiger partial charge in [-0.25, -0.2) is 4.79 Å². The Morgan fingerprint density at radius 2 is 2.07 bits per heavy atom. The molecule has 1 aliphatic heterocycles. The Kier molecular flexibility index (Phi) is 4.98. The molecule has 2 aromatic rings. The second-order valence-electron chi connectivity index (χ2n) is 6.47. The smallest absolute Gasteiger partial charge is 0.445 e. The zero-order valence-corrected chi connectivity index (χ0v) is 15.2. The number of halogens is 3. The van der Waals surface area contributed by atoms with Crippen molar-refractivity contribution in [1.82, 2.24) is 9.55 Å². The molecule has 0 bridgehead atoms. The first-order valence-corrected chi connectivity index (χ1v) is 8.13. The van der Waals surface area contributed by atoms with E-state index in [9.17, 15) is 28.1 Å². The fraction of sp³-hybridized carbons (Fsp3) is 0.375. The third-order valence-electron chi connectivity index (χ3n) is 3.99. The van der Waals surface area contributed by atoms with E-state index < -0.39 is 28.7 Å². The van der Waals surface area contributed by atoms with Crippen LogP contribution in [0.4, 0.5) is 29.5 Å². The lowest BCUT2D eigenvalue weighted by Gasteiger charge is -2.24. The first-order chi connectivity index (χ1) is 13.5. The minimum absolute atomic E-state index is 0.0452. The first-order valence-electron chi connectivity index (χ1n) is 8.13. The van der Waals surface area contributed by atoms with Crippen molar-refractivity contribution >= 4 is 17.6 Å². The number of carbonyl (C=O) groups is 1. The number of benzene rings is 1. The van der Waals surface area contributed by atoms with Crippen LogP contribution in [0, 0.1) is 10.1 Å². The summed E-state index contributed by atoms with van der Waals surface area (Å²) in [6.07, 6.45) is -4.36. The van der Waals surface area contributed by atoms with Crippen LogP contribution in [-0.4, -0.2) is 46.2 Å². The Morgan fingerprint density at radius 1 is 1.41 bits per heavy atom. The van der Waals surface area contributed by atoms with E-state index in [4.69, 9.17) is 9.47 Å². The topological polar surface area (TPSA) is 109 Å². The van der Waals surface area contributed by atoms with Crippen LogP contribution in [0.25, 0.3) is 0 Å². The Balaban J connectivity index is 1.56. The Bertz CT molecular complexity index is 904. The molecule has 0 spiro atoms. The zero-order valence-electron chi connectivity index (χ0n) is 15.2. The number of fused-ring (bicyclic) bond motifs is 1. The number of anilines is 1. The third-order valence-corrected chi connectivity index (χ3v) is 3.99. The van der Waals surface area contributed by atoms with Crippen LogP contribution in [0.2, 0.25) is 0 Å². The Labute approximate surface area is 161 Å². The molecule has 0 radical (unpaired) electrons. The Morgan fingerprint density at radius 3 is 2.62 bits per heavy atom. The highest BCUT2D eigenvalue weighted by Gasteiger charge is 2.41. The fourth-order valence-electron chi connectivity index (χ4n) is 2.64. The lowest BCUT2D eigenvalue weighted by atomic mass is 10.1. The standard InChI is InChI=1S/C16H15F3N4O6/c1-15(8-22-7-12(23(25)26)20-13(22)29-15)9-27-14(24)21(2)10-3-5-11(6-4-10)28-16(17,18)19/h3-7H,8-9H2,1-2H3/t15-/m1/s1. The number of carbonyl (C=O) groups excluding carboxylic acids is 1. The largest absolute Gasteiger partial charge is 0.573 e. The van der Waals surface area contributed by atoms with Crippen molar-refractivity contribution in [3.05, 3.63) is 40.6 Å². The molecule has 0 N–H and O–H groups in total. The molecule has 1 atom stereocenters. The molecule has 156 valence electrons. The number of aromatic nitrogens is 2. The fourth-order valence-corrected chi connectivity index (χ4v) is 2.64. The highest BCUT2D eigenvalue weighted by molar-refractivity contribution is 5.87. The van der Waals surface area contributed by atoms with Crippen molar-refractivity contribution in [2.24, 2.45) is 0 Å². The minimum atomic E-state index is -4.81. The summed E-state index contributed by atoms with van der Waals surface area (Å²) in [4.78, 5) is 27.1. The van der Waals surface area contributed by atoms with Gasteiger partial charge in [-0.3, -0.25) is 9.47 Å². The number of alkyl halides is 3. The average Bonchev–Trinajstić information content (AvgIpc) is 3.14. The lowest BCUT2D eigenvalue weighted by molar-refractivity contribution is -0.389. The van der Waals surface area contributed by atoms with Crippen LogP contribution in [0.3, 0.4) is 0 Å². The second-order valence-corrected chi connectivity index (χ2v) is 6.47. The third kappa shape index (κ3) is 4.67. The van der Waals surface area contributed by atoms with E-state index in [1.165, 1.54) is 29.9 Å². The molecular weight excluding hydrogens is 401 g/mol. The maximum absolute atomic E-state index is 12.2. The molecule has 13 heteroatoms. The summed E-state index contributed by atoms with van der Waals surface area (Å²) in [5.41, 5.74) is -0.691. The van der Waals surface area contributed by atoms with Crippen molar-refractivity contribution < 1.29 is 37.1 Å². The van der Waals surface area contributed by atoms with Gasteiger partial charge < -0.3 is 24.3 Å². The highest BCUT2D eigenvalue weighted by Crippen LogP contribution is 2.31. The van der Waals surface area contributed by atoms with Gasteiger partial charge in [-0.1, -0.05) is 0 Å². The van der Waals surface area contributed by atoms with Gasteiger partial charge in [0.05, 0.1) is 6.54 Å². The summed E-state index contributed by atoms with van der Waals surface area (Å²) in [5, 5.41) is 10.7. The summed E-state index contributed by atoms with van der Waals surface area (Å²) in [5.74, 6) is -0.768. The molecule has 0 unspecified atom stereocenters. The van der Waals surface area contributed by atoms with E-state index >= 15 is 0 Å². The summed E-state index contributed by atoms with van der Waals surface area (Å²) in [6.45, 7) is 1.65. The van der Waals surface area contributed by atoms with Crippen LogP contribution in [-0.2, 0) is 11.3 Å². The normalized spacial score (nSPS) is 18.0. The molecule has 0 aliphatic carbocycles. The number of nitrogens with zero attached hydrogens (tertiary/aromatic N) is 4. The summed E-state index contributed by atoms with van der Waals surface area (Å²) < 4.78 is 52.5. The van der Waals surface area contributed by atoms with Crippen LogP contribution >= 0.6 is 0 Å². The minimum Gasteiger partial charge on any atom is -0.445 e. The van der Waals surface area contributed by atoms with Crippen LogP contribution in [0.1, 0.15) is 6.92 Å². The number of rotatable bonds is 5. The van der Waals surface area contributed by atoms with Gasteiger partial charge >= 0.3 is 24.3 Å². The summed E-state index contributed by atoms with van der Waals surface area (Å²) in [7, 11) is 1.38. The molecule has 1 aromatic heterocycles. The van der Waals surface area contributed by atoms with Crippen molar-refractivity contribution in [3.63, 3.8) is 0 Å². The maximum atomic E-state index is 12.2. The van der Waals surface area contributed by atoms with E-state index in [-0.39, 0.29) is 30.7 Å². The molecular formula is C16H15F3N4O6. The molecule has 1 amide bonds. The molecule has 3 rings (SSSR count). The monoisotopic (exact) mass is 416 g/mol. The van der Waals surface area contributed by atoms with E-state index in [0.29, 0.717) is 0 Å². The predicted molar refractivity (Wildman–Crippen MR) is 90.8 cm³/mol. The van der Waals surface area contributed by atoms with E-state index in [1.807, 2.05) is 0 Å². The van der Waals surface area contributed by atoms with Gasteiger partial charge in [0.15, 0.2) is 5.60 Å². The quantitative estimate of drug-likeness (QED) is 0.544. The molecule has 10 nitrogen and oxygen atoms in total. The van der Waals surface area contributed by atoms with E-state index in [0.717, 1.165) is 17.0 Å². The van der Waals surface area contributed by atoms with Gasteiger partial charge in [0.25, 0.3) is 0 Å². The van der Waals surface area contributed by atoms with Crippen molar-refractivity contribution in [1.29, 1.82) is 0 Å². The number of amides is 1. The van der Waals surface area contributed by atoms with Crippen molar-refractivity contribution in [3.8, 4) is 11.8 Å². The molecule has 0 saturated carbocycles. The number of hydrogen-bond acceptors (Lipinski definition) is 7. The van der Waals surface area contributed by atoms with Crippen LogP contribution < -0.4 is 14.4 Å². The van der Waals surface area contributed by atoms with Gasteiger partial charge in [-0.05, 0) is 36.1 Å². The van der Waals surface area contributed by atoms with Gasteiger partial charge in [-0.15, -0.1) is 13.2 Å². The van der Waals surface area contributed by atoms with Crippen molar-refractivity contribution in [2.45, 2.75) is 25.4 Å². The zero-order chi connectivity index (χ0) is 21.4. The molecule has 0 saturated heterocycles. The number of hydrogen-bond donors (Lipinski definition) is 0. The lowest BCUT2D eigenvalue weighted by Crippen LogP contribution is -2.40. The van der Waals surface area contributed by atoms with Gasteiger partial charge in [-0.2, -0.15) is 0 Å². The number of ether oxygens (including phenoxy) is 3. The van der Waals surface area contributed by atoms with Crippen LogP contribution in [0.5, 0.6) is 11.8 Å². The van der Waals surface area contributed by atoms with E-state index in [2.05, 4.69) is 9.72 Å². The van der Waals surface area contributed by atoms with Gasteiger partial charge in [0.2, 0.25) is 0 Å². The summed E-state index contributed by atoms with van der Waals surface area (Å²) >= 11 is 0. The van der Waals surface area contributed by atoms with Gasteiger partial charge in [0.1, 0.15) is 18.6 Å². The second kappa shape index (κ2) is 7.14. The maximum Gasteiger partial charge on any atom is 0.573 e. The van der Waals surface area contributed by atoms with E-state index in [1.54, 1.807) is 6.92 Å². The molecule has 2 heterocycles. The molecule has 0 fully saturated rings. The van der Waals surface area contributed by atoms with Gasteiger partial charge in [0, 0.05) is 17.7 Å². The van der Waals surface area contributed by atoms with Crippen molar-refractivity contribution in [2.75, 3.05) is 18.6 Å². The molecule has 1 aliphatic rings. The summed E-state index contributed by atoms with van der Waals surface area (Å²) in [6, 6.07) is 4.72. The first kappa shape index (κ1) is 20.2. The number of nitro groups is 1. The van der Waals surface area contributed by atoms with Crippen LogP contribution in [0.15, 0.2) is 30.5 Å². The molecule has 1 aromatic carbocycles. The number of imidazole rings is 1. The SMILES string of the molecule is CN(C(=O)OC[C@@]1(C)Cn2cc([N+](=O)[O-])nc2O1)c1ccc(OC(F)(F)F)cc1. The Hall–Kier alpha value is -3.51. The highest BCUT2D eigenvalue weighted by atomic mass is 19.4. The predicted octanol–water partition coefficient (Wildman–Crippen LogP) is 3.11.